The molecule has 186 valence electrons. The predicted octanol–water partition coefficient (Wildman–Crippen LogP) is 2.88. The Morgan fingerprint density at radius 1 is 1.09 bits per heavy atom. The van der Waals surface area contributed by atoms with E-state index >= 15 is 0 Å². The normalized spacial score (nSPS) is 19.1. The molecule has 2 aliphatic heterocycles. The lowest BCUT2D eigenvalue weighted by Crippen LogP contribution is -2.60. The van der Waals surface area contributed by atoms with Gasteiger partial charge in [-0.15, -0.1) is 0 Å². The van der Waals surface area contributed by atoms with Gasteiger partial charge in [0.15, 0.2) is 0 Å². The van der Waals surface area contributed by atoms with Crippen molar-refractivity contribution in [3.8, 4) is 0 Å². The highest BCUT2D eigenvalue weighted by atomic mass is 35.5. The summed E-state index contributed by atoms with van der Waals surface area (Å²) in [6, 6.07) is 13.4. The summed E-state index contributed by atoms with van der Waals surface area (Å²) in [5, 5.41) is 3.23. The van der Waals surface area contributed by atoms with Crippen molar-refractivity contribution < 1.29 is 23.9 Å². The van der Waals surface area contributed by atoms with Crippen LogP contribution in [0.25, 0.3) is 0 Å². The van der Waals surface area contributed by atoms with Gasteiger partial charge in [0.2, 0.25) is 5.91 Å². The number of amides is 3. The Hall–Kier alpha value is -2.94. The van der Waals surface area contributed by atoms with Crippen LogP contribution in [-0.2, 0) is 14.3 Å². The molecule has 4 rings (SSSR count). The van der Waals surface area contributed by atoms with Gasteiger partial charge in [-0.05, 0) is 31.2 Å². The number of halogens is 1. The quantitative estimate of drug-likeness (QED) is 0.617. The highest BCUT2D eigenvalue weighted by Crippen LogP contribution is 2.39. The average Bonchev–Trinajstić information content (AvgIpc) is 3.23. The second-order valence-electron chi connectivity index (χ2n) is 8.87. The van der Waals surface area contributed by atoms with Gasteiger partial charge in [0.05, 0.1) is 23.8 Å². The maximum atomic E-state index is 13.7. The fraction of sp³-hybridized carbons (Fsp3) is 0.423. The second kappa shape index (κ2) is 10.8. The van der Waals surface area contributed by atoms with E-state index in [0.717, 1.165) is 5.56 Å². The molecule has 2 saturated heterocycles. The van der Waals surface area contributed by atoms with Crippen molar-refractivity contribution in [2.75, 3.05) is 40.0 Å². The smallest absolute Gasteiger partial charge is 0.256 e. The van der Waals surface area contributed by atoms with Crippen LogP contribution >= 0.6 is 11.6 Å². The molecule has 2 heterocycles. The lowest BCUT2D eigenvalue weighted by Gasteiger charge is -2.44. The summed E-state index contributed by atoms with van der Waals surface area (Å²) in [6.45, 7) is 3.50. The summed E-state index contributed by atoms with van der Waals surface area (Å²) in [5.74, 6) is -0.706. The molecule has 9 heteroatoms. The van der Waals surface area contributed by atoms with E-state index in [0.29, 0.717) is 55.2 Å². The van der Waals surface area contributed by atoms with Gasteiger partial charge in [-0.2, -0.15) is 0 Å². The summed E-state index contributed by atoms with van der Waals surface area (Å²) in [7, 11) is 1.56. The van der Waals surface area contributed by atoms with E-state index in [1.807, 2.05) is 19.1 Å². The third-order valence-electron chi connectivity index (χ3n) is 6.62. The van der Waals surface area contributed by atoms with E-state index < -0.39 is 11.8 Å². The minimum absolute atomic E-state index is 0.0921. The number of rotatable bonds is 6. The number of nitrogens with zero attached hydrogens (tertiary/aromatic N) is 2. The molecular formula is C26H30ClN3O5. The molecule has 0 radical (unpaired) electrons. The van der Waals surface area contributed by atoms with Gasteiger partial charge in [0.25, 0.3) is 11.8 Å². The molecule has 3 amide bonds. The van der Waals surface area contributed by atoms with E-state index in [-0.39, 0.29) is 24.3 Å². The number of hydrogen-bond acceptors (Lipinski definition) is 5. The Labute approximate surface area is 210 Å². The van der Waals surface area contributed by atoms with Crippen molar-refractivity contribution in [3.05, 3.63) is 70.2 Å². The molecule has 0 aromatic heterocycles. The third kappa shape index (κ3) is 5.19. The van der Waals surface area contributed by atoms with E-state index in [1.165, 1.54) is 0 Å². The highest BCUT2D eigenvalue weighted by molar-refractivity contribution is 6.33. The molecular weight excluding hydrogens is 470 g/mol. The van der Waals surface area contributed by atoms with Gasteiger partial charge in [-0.25, -0.2) is 0 Å². The number of carbonyl (C=O) groups is 3. The topological polar surface area (TPSA) is 88.2 Å². The van der Waals surface area contributed by atoms with Gasteiger partial charge < -0.3 is 19.7 Å². The van der Waals surface area contributed by atoms with Gasteiger partial charge in [0, 0.05) is 45.1 Å². The molecule has 1 N–H and O–H groups in total. The summed E-state index contributed by atoms with van der Waals surface area (Å²) in [6.07, 6.45) is 0.783. The average molecular weight is 500 g/mol. The van der Waals surface area contributed by atoms with E-state index in [1.54, 1.807) is 53.3 Å². The lowest BCUT2D eigenvalue weighted by atomic mass is 9.96. The highest BCUT2D eigenvalue weighted by Gasteiger charge is 2.54. The zero-order chi connectivity index (χ0) is 25.0. The summed E-state index contributed by atoms with van der Waals surface area (Å²) in [5.41, 5.74) is 1.00. The first-order chi connectivity index (χ1) is 16.9. The number of aryl methyl sites for hydroxylation is 1. The fourth-order valence-corrected chi connectivity index (χ4v) is 4.88. The van der Waals surface area contributed by atoms with Crippen LogP contribution in [0.5, 0.6) is 0 Å². The molecule has 1 unspecified atom stereocenters. The number of hydrogen-bond donors (Lipinski definition) is 1. The van der Waals surface area contributed by atoms with Gasteiger partial charge >= 0.3 is 0 Å². The number of ether oxygens (including phenoxy) is 2. The Morgan fingerprint density at radius 2 is 1.77 bits per heavy atom. The molecule has 8 nitrogen and oxygen atoms in total. The number of carbonyl (C=O) groups excluding carboxylic acids is 3. The standard InChI is InChI=1S/C26H30ClN3O5/c1-18-7-9-19(10-8-18)24(32)30-22(23(31)28-13-16-34-2)17-35-26(30)11-14-29(15-12-26)25(33)20-5-3-4-6-21(20)27/h3-10,22H,11-17H2,1-2H3,(H,28,31). The van der Waals surface area contributed by atoms with Crippen LogP contribution in [0.15, 0.2) is 48.5 Å². The molecule has 0 bridgehead atoms. The Balaban J connectivity index is 1.56. The Morgan fingerprint density at radius 3 is 2.43 bits per heavy atom. The Bertz CT molecular complexity index is 1080. The summed E-state index contributed by atoms with van der Waals surface area (Å²) >= 11 is 6.23. The first-order valence-electron chi connectivity index (χ1n) is 11.7. The molecule has 0 saturated carbocycles. The number of nitrogens with one attached hydrogen (secondary N) is 1. The van der Waals surface area contributed by atoms with Gasteiger partial charge in [-0.3, -0.25) is 19.3 Å². The Kier molecular flexibility index (Phi) is 7.74. The number of benzene rings is 2. The number of piperidine rings is 1. The predicted molar refractivity (Wildman–Crippen MR) is 131 cm³/mol. The van der Waals surface area contributed by atoms with Crippen LogP contribution in [-0.4, -0.2) is 79.2 Å². The first kappa shape index (κ1) is 25.2. The molecule has 35 heavy (non-hydrogen) atoms. The number of likely N-dealkylation sites (tertiary alicyclic amines) is 1. The molecule has 2 fully saturated rings. The largest absolute Gasteiger partial charge is 0.383 e. The third-order valence-corrected chi connectivity index (χ3v) is 6.95. The number of methoxy groups -OCH3 is 1. The van der Waals surface area contributed by atoms with Crippen LogP contribution in [0.4, 0.5) is 0 Å². The monoisotopic (exact) mass is 499 g/mol. The van der Waals surface area contributed by atoms with E-state index in [9.17, 15) is 14.4 Å². The first-order valence-corrected chi connectivity index (χ1v) is 12.1. The molecule has 2 aliphatic rings. The van der Waals surface area contributed by atoms with Crippen molar-refractivity contribution >= 4 is 29.3 Å². The van der Waals surface area contributed by atoms with E-state index in [4.69, 9.17) is 21.1 Å². The fourth-order valence-electron chi connectivity index (χ4n) is 4.66. The molecule has 1 atom stereocenters. The lowest BCUT2D eigenvalue weighted by molar-refractivity contribution is -0.128. The van der Waals surface area contributed by atoms with E-state index in [2.05, 4.69) is 5.32 Å². The van der Waals surface area contributed by atoms with Crippen LogP contribution in [0.1, 0.15) is 39.1 Å². The van der Waals surface area contributed by atoms with Gasteiger partial charge in [-0.1, -0.05) is 41.4 Å². The van der Waals surface area contributed by atoms with Crippen LogP contribution in [0, 0.1) is 6.92 Å². The maximum Gasteiger partial charge on any atom is 0.256 e. The second-order valence-corrected chi connectivity index (χ2v) is 9.28. The zero-order valence-corrected chi connectivity index (χ0v) is 20.7. The summed E-state index contributed by atoms with van der Waals surface area (Å²) < 4.78 is 11.2. The molecule has 0 aliphatic carbocycles. The van der Waals surface area contributed by atoms with Crippen LogP contribution < -0.4 is 5.32 Å². The van der Waals surface area contributed by atoms with Crippen molar-refractivity contribution in [1.29, 1.82) is 0 Å². The minimum Gasteiger partial charge on any atom is -0.383 e. The van der Waals surface area contributed by atoms with Gasteiger partial charge in [0.1, 0.15) is 11.8 Å². The molecule has 2 aromatic carbocycles. The molecule has 2 aromatic rings. The zero-order valence-electron chi connectivity index (χ0n) is 20.0. The minimum atomic E-state index is -0.970. The SMILES string of the molecule is COCCNC(=O)C1COC2(CCN(C(=O)c3ccccc3Cl)CC2)N1C(=O)c1ccc(C)cc1. The summed E-state index contributed by atoms with van der Waals surface area (Å²) in [4.78, 5) is 43.1. The van der Waals surface area contributed by atoms with Crippen molar-refractivity contribution in [1.82, 2.24) is 15.1 Å². The maximum absolute atomic E-state index is 13.7. The van der Waals surface area contributed by atoms with Crippen molar-refractivity contribution in [3.63, 3.8) is 0 Å². The van der Waals surface area contributed by atoms with Crippen LogP contribution in [0.3, 0.4) is 0 Å². The van der Waals surface area contributed by atoms with Crippen LogP contribution in [0.2, 0.25) is 5.02 Å². The molecule has 1 spiro atoms. The van der Waals surface area contributed by atoms with Crippen molar-refractivity contribution in [2.24, 2.45) is 0 Å². The van der Waals surface area contributed by atoms with Crippen molar-refractivity contribution in [2.45, 2.75) is 31.5 Å².